The summed E-state index contributed by atoms with van der Waals surface area (Å²) in [4.78, 5) is 52.8. The molecule has 2 fully saturated rings. The summed E-state index contributed by atoms with van der Waals surface area (Å²) < 4.78 is 15.1. The monoisotopic (exact) mass is 799 g/mol. The number of fused-ring (bicyclic) bond motifs is 2. The number of alkyl halides is 1. The minimum Gasteiger partial charge on any atom is -0.385 e. The average molecular weight is 800 g/mol. The maximum atomic E-state index is 13.7. The highest BCUT2D eigenvalue weighted by Gasteiger charge is 2.39. The molecular formula is C44H43ClFN9O3. The second-order valence-corrected chi connectivity index (χ2v) is 15.8. The Morgan fingerprint density at radius 2 is 1.90 bits per heavy atom. The molecule has 9 rings (SSSR count). The van der Waals surface area contributed by atoms with E-state index >= 15 is 0 Å². The molecule has 12 nitrogen and oxygen atoms in total. The van der Waals surface area contributed by atoms with Crippen LogP contribution in [0.15, 0.2) is 90.9 Å². The Bertz CT molecular complexity index is 2520. The van der Waals surface area contributed by atoms with Gasteiger partial charge < -0.3 is 25.8 Å². The Labute approximate surface area is 340 Å². The number of rotatable bonds is 9. The van der Waals surface area contributed by atoms with Gasteiger partial charge in [-0.15, -0.1) is 5.10 Å². The van der Waals surface area contributed by atoms with Crippen LogP contribution in [-0.2, 0) is 17.6 Å². The Morgan fingerprint density at radius 3 is 2.67 bits per heavy atom. The lowest BCUT2D eigenvalue weighted by Gasteiger charge is -2.26. The zero-order chi connectivity index (χ0) is 40.1. The van der Waals surface area contributed by atoms with E-state index in [1.54, 1.807) is 25.2 Å². The Hall–Kier alpha value is -6.08. The molecule has 3 aromatic heterocycles. The minimum atomic E-state index is -1.01. The first-order valence-electron chi connectivity index (χ1n) is 19.8. The number of anilines is 3. The third-order valence-electron chi connectivity index (χ3n) is 11.6. The van der Waals surface area contributed by atoms with Gasteiger partial charge in [-0.3, -0.25) is 19.4 Å². The molecule has 1 saturated heterocycles. The van der Waals surface area contributed by atoms with Gasteiger partial charge in [0.05, 0.1) is 29.5 Å². The molecule has 4 aliphatic rings. The number of carbonyl (C=O) groups is 3. The van der Waals surface area contributed by atoms with Crippen LogP contribution >= 0.6 is 11.6 Å². The maximum Gasteiger partial charge on any atom is 0.271 e. The Balaban J connectivity index is 0.869. The average Bonchev–Trinajstić information content (AvgIpc) is 3.59. The number of halogens is 2. The molecule has 1 aliphatic carbocycles. The van der Waals surface area contributed by atoms with Crippen molar-refractivity contribution in [3.05, 3.63) is 124 Å². The van der Waals surface area contributed by atoms with Crippen molar-refractivity contribution in [1.82, 2.24) is 35.1 Å². The Morgan fingerprint density at radius 1 is 1.03 bits per heavy atom. The normalized spacial score (nSPS) is 20.3. The summed E-state index contributed by atoms with van der Waals surface area (Å²) in [7, 11) is 1.80. The summed E-state index contributed by atoms with van der Waals surface area (Å²) in [6, 6.07) is 17.1. The molecule has 6 heterocycles. The van der Waals surface area contributed by atoms with Crippen molar-refractivity contribution in [3.63, 3.8) is 0 Å². The van der Waals surface area contributed by atoms with Gasteiger partial charge >= 0.3 is 0 Å². The standard InChI is InChI=1S/C44H43ClFN9O3/c1-25-8-11-31(42(56)50-25)32-20-28(10-12-33(32)45)44(58)53-16-4-5-26(14-17-53)19-27-9-13-35(48-23-27)29-6-3-7-38-30(29)15-18-54(38)40-22-37(47-2)41-49-24-39(55(41)52-40)43(57)51-36-21-34(36)46/h3,5-7,9-10,12-13,20,22-24,31,34,36,47H,1,4,8,11,14-19,21H2,2H3,(H,50,56)(H,51,57)/t31?,34-,36+/m0/s1. The number of allylic oxidation sites excluding steroid dienone is 1. The summed E-state index contributed by atoms with van der Waals surface area (Å²) in [5.74, 6) is -0.355. The van der Waals surface area contributed by atoms with Gasteiger partial charge in [0.1, 0.15) is 6.17 Å². The molecule has 296 valence electrons. The van der Waals surface area contributed by atoms with Crippen LogP contribution in [0, 0.1) is 0 Å². The van der Waals surface area contributed by atoms with E-state index < -0.39 is 24.0 Å². The zero-order valence-electron chi connectivity index (χ0n) is 32.1. The molecule has 3 atom stereocenters. The topological polar surface area (TPSA) is 137 Å². The van der Waals surface area contributed by atoms with Crippen LogP contribution < -0.4 is 20.9 Å². The van der Waals surface area contributed by atoms with E-state index in [9.17, 15) is 18.8 Å². The summed E-state index contributed by atoms with van der Waals surface area (Å²) >= 11 is 6.52. The summed E-state index contributed by atoms with van der Waals surface area (Å²) in [5.41, 5.74) is 9.88. The van der Waals surface area contributed by atoms with Crippen LogP contribution in [0.3, 0.4) is 0 Å². The molecule has 2 aromatic carbocycles. The number of piperidine rings is 1. The predicted molar refractivity (Wildman–Crippen MR) is 221 cm³/mol. The predicted octanol–water partition coefficient (Wildman–Crippen LogP) is 6.93. The SMILES string of the molecule is C=C1CCC(c2cc(C(=O)N3CCC=C(Cc4ccc(-c5cccc6c5CCN6c5cc(NC)c6ncc(C(=O)N[C@@H]7C[C@@H]7F)n6n5)nc4)CC3)ccc2Cl)C(=O)N1. The first-order valence-corrected chi connectivity index (χ1v) is 20.1. The fraction of sp³-hybridized carbons (Fsp3) is 0.318. The van der Waals surface area contributed by atoms with Crippen molar-refractivity contribution < 1.29 is 18.8 Å². The highest BCUT2D eigenvalue weighted by molar-refractivity contribution is 6.31. The lowest BCUT2D eigenvalue weighted by molar-refractivity contribution is -0.122. The van der Waals surface area contributed by atoms with E-state index in [0.717, 1.165) is 53.9 Å². The number of pyridine rings is 1. The van der Waals surface area contributed by atoms with Crippen molar-refractivity contribution in [1.29, 1.82) is 0 Å². The largest absolute Gasteiger partial charge is 0.385 e. The lowest BCUT2D eigenvalue weighted by Crippen LogP contribution is -2.34. The highest BCUT2D eigenvalue weighted by atomic mass is 35.5. The van der Waals surface area contributed by atoms with Crippen LogP contribution in [0.2, 0.25) is 5.02 Å². The molecular weight excluding hydrogens is 757 g/mol. The van der Waals surface area contributed by atoms with Gasteiger partial charge in [0.2, 0.25) is 5.91 Å². The molecule has 0 bridgehead atoms. The summed E-state index contributed by atoms with van der Waals surface area (Å²) in [6.45, 7) is 5.76. The van der Waals surface area contributed by atoms with Gasteiger partial charge in [0.15, 0.2) is 17.2 Å². The van der Waals surface area contributed by atoms with Crippen LogP contribution in [0.4, 0.5) is 21.6 Å². The molecule has 5 aromatic rings. The molecule has 3 aliphatic heterocycles. The van der Waals surface area contributed by atoms with Crippen LogP contribution in [0.5, 0.6) is 0 Å². The molecule has 1 saturated carbocycles. The summed E-state index contributed by atoms with van der Waals surface area (Å²) in [6.07, 6.45) is 9.28. The first-order chi connectivity index (χ1) is 28.1. The van der Waals surface area contributed by atoms with Crippen molar-refractivity contribution in [3.8, 4) is 11.3 Å². The van der Waals surface area contributed by atoms with Crippen LogP contribution in [-0.4, -0.2) is 81.1 Å². The van der Waals surface area contributed by atoms with E-state index in [0.29, 0.717) is 72.2 Å². The zero-order valence-corrected chi connectivity index (χ0v) is 32.9. The highest BCUT2D eigenvalue weighted by Crippen LogP contribution is 2.40. The van der Waals surface area contributed by atoms with Crippen LogP contribution in [0.1, 0.15) is 75.6 Å². The smallest absolute Gasteiger partial charge is 0.271 e. The van der Waals surface area contributed by atoms with Gasteiger partial charge in [-0.2, -0.15) is 0 Å². The number of hydrogen-bond donors (Lipinski definition) is 3. The number of carbonyl (C=O) groups excluding carboxylic acids is 3. The third kappa shape index (κ3) is 7.19. The Kier molecular flexibility index (Phi) is 9.92. The number of aromatic nitrogens is 4. The van der Waals surface area contributed by atoms with Crippen molar-refractivity contribution in [2.24, 2.45) is 0 Å². The number of benzene rings is 2. The van der Waals surface area contributed by atoms with E-state index in [4.69, 9.17) is 21.7 Å². The molecule has 0 spiro atoms. The molecule has 14 heteroatoms. The number of nitrogens with one attached hydrogen (secondary N) is 3. The van der Waals surface area contributed by atoms with Gasteiger partial charge in [0.25, 0.3) is 11.8 Å². The van der Waals surface area contributed by atoms with Crippen molar-refractivity contribution in [2.45, 2.75) is 63.1 Å². The van der Waals surface area contributed by atoms with E-state index in [1.165, 1.54) is 21.8 Å². The third-order valence-corrected chi connectivity index (χ3v) is 12.0. The second kappa shape index (κ2) is 15.4. The molecule has 58 heavy (non-hydrogen) atoms. The fourth-order valence-corrected chi connectivity index (χ4v) is 8.57. The van der Waals surface area contributed by atoms with Gasteiger partial charge in [-0.25, -0.2) is 13.9 Å². The lowest BCUT2D eigenvalue weighted by atomic mass is 9.88. The first kappa shape index (κ1) is 37.5. The number of hydrogen-bond acceptors (Lipinski definition) is 8. The molecule has 0 radical (unpaired) electrons. The molecule has 3 N–H and O–H groups in total. The van der Waals surface area contributed by atoms with Gasteiger partial charge in [-0.1, -0.05) is 48.0 Å². The van der Waals surface area contributed by atoms with Gasteiger partial charge in [0, 0.05) is 72.9 Å². The molecule has 1 unspecified atom stereocenters. The van der Waals surface area contributed by atoms with Gasteiger partial charge in [-0.05, 0) is 85.5 Å². The number of nitrogens with zero attached hydrogens (tertiary/aromatic N) is 6. The van der Waals surface area contributed by atoms with E-state index in [-0.39, 0.29) is 17.5 Å². The quantitative estimate of drug-likeness (QED) is 0.137. The maximum absolute atomic E-state index is 13.7. The van der Waals surface area contributed by atoms with E-state index in [2.05, 4.69) is 62.8 Å². The molecule has 3 amide bonds. The van der Waals surface area contributed by atoms with Crippen molar-refractivity contribution in [2.75, 3.05) is 36.9 Å². The fourth-order valence-electron chi connectivity index (χ4n) is 8.32. The number of imidazole rings is 1. The second-order valence-electron chi connectivity index (χ2n) is 15.4. The summed E-state index contributed by atoms with van der Waals surface area (Å²) in [5, 5.41) is 14.1. The minimum absolute atomic E-state index is 0.0628. The van der Waals surface area contributed by atoms with Crippen LogP contribution in [0.25, 0.3) is 16.9 Å². The van der Waals surface area contributed by atoms with Crippen molar-refractivity contribution >= 4 is 52.2 Å². The van der Waals surface area contributed by atoms with E-state index in [1.807, 2.05) is 23.2 Å². The number of amides is 3.